The van der Waals surface area contributed by atoms with Crippen LogP contribution in [0.15, 0.2) is 28.1 Å². The van der Waals surface area contributed by atoms with Gasteiger partial charge in [-0.15, -0.1) is 11.3 Å². The Kier molecular flexibility index (Phi) is 7.68. The molecule has 2 atom stereocenters. The van der Waals surface area contributed by atoms with Crippen LogP contribution in [0.1, 0.15) is 36.7 Å². The van der Waals surface area contributed by atoms with Crippen molar-refractivity contribution < 1.29 is 19.1 Å². The van der Waals surface area contributed by atoms with Crippen LogP contribution in [0.5, 0.6) is 0 Å². The van der Waals surface area contributed by atoms with E-state index >= 15 is 0 Å². The molecule has 0 saturated carbocycles. The number of carbonyl (C=O) groups is 2. The van der Waals surface area contributed by atoms with Gasteiger partial charge in [0.2, 0.25) is 5.91 Å². The number of hydrogen-bond acceptors (Lipinski definition) is 6. The number of amides is 1. The lowest BCUT2D eigenvalue weighted by Crippen LogP contribution is -2.48. The van der Waals surface area contributed by atoms with E-state index in [4.69, 9.17) is 9.47 Å². The van der Waals surface area contributed by atoms with Crippen LogP contribution in [0, 0.1) is 6.92 Å². The van der Waals surface area contributed by atoms with Crippen molar-refractivity contribution in [1.29, 1.82) is 0 Å². The summed E-state index contributed by atoms with van der Waals surface area (Å²) in [4.78, 5) is 27.6. The van der Waals surface area contributed by atoms with E-state index in [1.54, 1.807) is 6.92 Å². The monoisotopic (exact) mass is 494 g/mol. The average Bonchev–Trinajstić information content (AvgIpc) is 2.97. The number of carbonyl (C=O) groups excluding carboxylic acids is 2. The molecule has 0 spiro atoms. The fourth-order valence-electron chi connectivity index (χ4n) is 3.65. The molecule has 1 saturated heterocycles. The molecule has 1 N–H and O–H groups in total. The fraction of sp³-hybridized carbons (Fsp3) is 0.455. The van der Waals surface area contributed by atoms with Gasteiger partial charge < -0.3 is 14.8 Å². The second-order valence-corrected chi connectivity index (χ2v) is 9.88. The molecule has 30 heavy (non-hydrogen) atoms. The Bertz CT molecular complexity index is 903. The molecule has 2 aromatic rings. The number of aryl methyl sites for hydroxylation is 1. The highest BCUT2D eigenvalue weighted by Gasteiger charge is 2.28. The lowest BCUT2D eigenvalue weighted by atomic mass is 10.0. The molecule has 1 fully saturated rings. The molecule has 3 rings (SSSR count). The van der Waals surface area contributed by atoms with E-state index in [2.05, 4.69) is 26.1 Å². The Morgan fingerprint density at radius 2 is 1.87 bits per heavy atom. The number of benzene rings is 1. The van der Waals surface area contributed by atoms with Crippen molar-refractivity contribution in [2.45, 2.75) is 39.9 Å². The van der Waals surface area contributed by atoms with E-state index in [-0.39, 0.29) is 31.3 Å². The Hall–Kier alpha value is -1.74. The molecule has 2 heterocycles. The lowest BCUT2D eigenvalue weighted by Gasteiger charge is -2.34. The molecule has 1 aromatic heterocycles. The molecule has 0 aliphatic carbocycles. The first-order valence-electron chi connectivity index (χ1n) is 10.0. The Morgan fingerprint density at radius 1 is 1.23 bits per heavy atom. The highest BCUT2D eigenvalue weighted by atomic mass is 79.9. The van der Waals surface area contributed by atoms with Crippen LogP contribution >= 0.6 is 27.3 Å². The molecule has 0 radical (unpaired) electrons. The van der Waals surface area contributed by atoms with Gasteiger partial charge in [-0.3, -0.25) is 9.69 Å². The van der Waals surface area contributed by atoms with Crippen molar-refractivity contribution in [3.8, 4) is 11.1 Å². The second-order valence-electron chi connectivity index (χ2n) is 7.54. The number of esters is 1. The van der Waals surface area contributed by atoms with Crippen molar-refractivity contribution in [2.75, 3.05) is 31.6 Å². The maximum Gasteiger partial charge on any atom is 0.341 e. The predicted molar refractivity (Wildman–Crippen MR) is 123 cm³/mol. The standard InChI is InChI=1S/C22H27BrN2O4S/c1-5-28-22(27)19-18(16-8-6-13(2)7-9-16)20(23)30-21(19)24-17(26)12-25-10-14(3)29-15(4)11-25/h6-9,14-15H,5,10-12H2,1-4H3,(H,24,26)/t14-,15-/m0/s1. The molecular weight excluding hydrogens is 468 g/mol. The van der Waals surface area contributed by atoms with E-state index in [9.17, 15) is 9.59 Å². The molecule has 0 bridgehead atoms. The van der Waals surface area contributed by atoms with Gasteiger partial charge in [-0.1, -0.05) is 29.8 Å². The largest absolute Gasteiger partial charge is 0.462 e. The fourth-order valence-corrected chi connectivity index (χ4v) is 5.52. The summed E-state index contributed by atoms with van der Waals surface area (Å²) < 4.78 is 11.8. The molecule has 162 valence electrons. The van der Waals surface area contributed by atoms with Crippen LogP contribution in [0.4, 0.5) is 5.00 Å². The molecule has 1 aromatic carbocycles. The third-order valence-electron chi connectivity index (χ3n) is 4.80. The molecule has 1 aliphatic heterocycles. The number of nitrogens with one attached hydrogen (secondary N) is 1. The number of rotatable bonds is 6. The lowest BCUT2D eigenvalue weighted by molar-refractivity contribution is -0.121. The maximum atomic E-state index is 12.8. The molecule has 1 amide bonds. The van der Waals surface area contributed by atoms with Crippen molar-refractivity contribution in [1.82, 2.24) is 4.90 Å². The third-order valence-corrected chi connectivity index (χ3v) is 6.58. The minimum atomic E-state index is -0.445. The number of ether oxygens (including phenoxy) is 2. The zero-order valence-corrected chi connectivity index (χ0v) is 20.1. The Morgan fingerprint density at radius 3 is 2.47 bits per heavy atom. The first-order valence-corrected chi connectivity index (χ1v) is 11.6. The number of nitrogens with zero attached hydrogens (tertiary/aromatic N) is 1. The van der Waals surface area contributed by atoms with Gasteiger partial charge in [-0.2, -0.15) is 0 Å². The summed E-state index contributed by atoms with van der Waals surface area (Å²) in [5.41, 5.74) is 3.14. The Balaban J connectivity index is 1.86. The summed E-state index contributed by atoms with van der Waals surface area (Å²) in [6, 6.07) is 7.92. The highest BCUT2D eigenvalue weighted by Crippen LogP contribution is 2.44. The molecule has 8 heteroatoms. The minimum Gasteiger partial charge on any atom is -0.462 e. The number of morpholine rings is 1. The topological polar surface area (TPSA) is 67.9 Å². The second kappa shape index (κ2) is 10.0. The van der Waals surface area contributed by atoms with Crippen molar-refractivity contribution in [2.24, 2.45) is 0 Å². The number of hydrogen-bond donors (Lipinski definition) is 1. The molecular formula is C22H27BrN2O4S. The van der Waals surface area contributed by atoms with Gasteiger partial charge in [0.15, 0.2) is 0 Å². The zero-order valence-electron chi connectivity index (χ0n) is 17.7. The van der Waals surface area contributed by atoms with Gasteiger partial charge in [0.05, 0.1) is 29.1 Å². The van der Waals surface area contributed by atoms with Crippen molar-refractivity contribution in [3.05, 3.63) is 39.2 Å². The van der Waals surface area contributed by atoms with Crippen LogP contribution < -0.4 is 5.32 Å². The molecule has 1 aliphatic rings. The van der Waals surface area contributed by atoms with Gasteiger partial charge in [-0.05, 0) is 49.2 Å². The number of anilines is 1. The van der Waals surface area contributed by atoms with E-state index in [1.165, 1.54) is 11.3 Å². The van der Waals surface area contributed by atoms with Gasteiger partial charge in [-0.25, -0.2) is 4.79 Å². The summed E-state index contributed by atoms with van der Waals surface area (Å²) in [7, 11) is 0. The zero-order chi connectivity index (χ0) is 21.8. The van der Waals surface area contributed by atoms with Crippen molar-refractivity contribution >= 4 is 44.1 Å². The Labute approximate surface area is 189 Å². The first kappa shape index (κ1) is 22.9. The predicted octanol–water partition coefficient (Wildman–Crippen LogP) is 4.71. The summed E-state index contributed by atoms with van der Waals surface area (Å²) in [5, 5.41) is 3.43. The van der Waals surface area contributed by atoms with Crippen LogP contribution in [0.2, 0.25) is 0 Å². The summed E-state index contributed by atoms with van der Waals surface area (Å²) in [5.74, 6) is -0.606. The molecule has 6 nitrogen and oxygen atoms in total. The van der Waals surface area contributed by atoms with Gasteiger partial charge in [0, 0.05) is 18.7 Å². The number of halogens is 1. The highest BCUT2D eigenvalue weighted by molar-refractivity contribution is 9.11. The van der Waals surface area contributed by atoms with Crippen LogP contribution in [-0.4, -0.2) is 55.2 Å². The minimum absolute atomic E-state index is 0.0839. The van der Waals surface area contributed by atoms with E-state index in [1.807, 2.05) is 45.0 Å². The van der Waals surface area contributed by atoms with Gasteiger partial charge >= 0.3 is 5.97 Å². The SMILES string of the molecule is CCOC(=O)c1c(NC(=O)CN2C[C@H](C)O[C@@H](C)C2)sc(Br)c1-c1ccc(C)cc1. The van der Waals surface area contributed by atoms with E-state index in [0.717, 1.165) is 20.5 Å². The first-order chi connectivity index (χ1) is 14.3. The maximum absolute atomic E-state index is 12.8. The van der Waals surface area contributed by atoms with Crippen LogP contribution in [0.3, 0.4) is 0 Å². The average molecular weight is 495 g/mol. The normalized spacial score (nSPS) is 19.5. The summed E-state index contributed by atoms with van der Waals surface area (Å²) >= 11 is 4.91. The quantitative estimate of drug-likeness (QED) is 0.588. The van der Waals surface area contributed by atoms with Gasteiger partial charge in [0.25, 0.3) is 0 Å². The molecule has 0 unspecified atom stereocenters. The number of thiophene rings is 1. The van der Waals surface area contributed by atoms with Crippen LogP contribution in [0.25, 0.3) is 11.1 Å². The van der Waals surface area contributed by atoms with Crippen molar-refractivity contribution in [3.63, 3.8) is 0 Å². The van der Waals surface area contributed by atoms with E-state index in [0.29, 0.717) is 23.7 Å². The summed E-state index contributed by atoms with van der Waals surface area (Å²) in [6.45, 7) is 9.69. The third kappa shape index (κ3) is 5.49. The smallest absolute Gasteiger partial charge is 0.341 e. The summed E-state index contributed by atoms with van der Waals surface area (Å²) in [6.07, 6.45) is 0.168. The van der Waals surface area contributed by atoms with Gasteiger partial charge in [0.1, 0.15) is 10.6 Å². The van der Waals surface area contributed by atoms with Crippen LogP contribution in [-0.2, 0) is 14.3 Å². The van der Waals surface area contributed by atoms with E-state index < -0.39 is 5.97 Å².